The Kier molecular flexibility index (Phi) is 5.96. The van der Waals surface area contributed by atoms with Crippen molar-refractivity contribution in [3.63, 3.8) is 0 Å². The highest BCUT2D eigenvalue weighted by Crippen LogP contribution is 2.28. The summed E-state index contributed by atoms with van der Waals surface area (Å²) in [6.07, 6.45) is 1.42. The van der Waals surface area contributed by atoms with Crippen molar-refractivity contribution in [1.29, 1.82) is 0 Å². The number of amides is 2. The summed E-state index contributed by atoms with van der Waals surface area (Å²) >= 11 is 0. The number of rotatable bonds is 7. The van der Waals surface area contributed by atoms with Gasteiger partial charge in [0.15, 0.2) is 12.4 Å². The third kappa shape index (κ3) is 4.91. The second kappa shape index (κ2) is 8.77. The lowest BCUT2D eigenvalue weighted by molar-refractivity contribution is -0.118. The van der Waals surface area contributed by atoms with E-state index in [1.165, 1.54) is 13.4 Å². The van der Waals surface area contributed by atoms with E-state index in [2.05, 4.69) is 10.6 Å². The Morgan fingerprint density at radius 3 is 2.50 bits per heavy atom. The lowest BCUT2D eigenvalue weighted by Gasteiger charge is -2.13. The highest BCUT2D eigenvalue weighted by Gasteiger charge is 2.13. The number of furan rings is 1. The minimum absolute atomic E-state index is 0.158. The van der Waals surface area contributed by atoms with E-state index < -0.39 is 5.91 Å². The van der Waals surface area contributed by atoms with Crippen LogP contribution < -0.4 is 20.1 Å². The quantitative estimate of drug-likeness (QED) is 0.649. The Hall–Kier alpha value is -3.74. The SMILES string of the molecule is COc1ccc(NC(=O)c2ccco2)cc1NC(=O)COc1ccc(C)cc1. The van der Waals surface area contributed by atoms with Crippen LogP contribution in [-0.4, -0.2) is 25.5 Å². The number of aryl methyl sites for hydroxylation is 1. The van der Waals surface area contributed by atoms with E-state index in [0.717, 1.165) is 5.56 Å². The molecule has 1 aromatic heterocycles. The molecule has 0 aliphatic heterocycles. The van der Waals surface area contributed by atoms with Crippen molar-refractivity contribution < 1.29 is 23.5 Å². The zero-order valence-electron chi connectivity index (χ0n) is 15.5. The normalized spacial score (nSPS) is 10.2. The van der Waals surface area contributed by atoms with Crippen molar-refractivity contribution >= 4 is 23.2 Å². The molecule has 144 valence electrons. The van der Waals surface area contributed by atoms with E-state index in [4.69, 9.17) is 13.9 Å². The molecule has 2 aromatic carbocycles. The third-order valence-corrected chi connectivity index (χ3v) is 3.87. The van der Waals surface area contributed by atoms with Gasteiger partial charge in [0, 0.05) is 5.69 Å². The number of methoxy groups -OCH3 is 1. The van der Waals surface area contributed by atoms with Gasteiger partial charge in [-0.3, -0.25) is 9.59 Å². The summed E-state index contributed by atoms with van der Waals surface area (Å²) < 4.78 is 15.8. The minimum Gasteiger partial charge on any atom is -0.495 e. The molecule has 0 fully saturated rings. The summed E-state index contributed by atoms with van der Waals surface area (Å²) in [6.45, 7) is 1.82. The fraction of sp³-hybridized carbons (Fsp3) is 0.143. The van der Waals surface area contributed by atoms with E-state index in [1.807, 2.05) is 19.1 Å². The Labute approximate surface area is 162 Å². The van der Waals surface area contributed by atoms with Crippen molar-refractivity contribution in [1.82, 2.24) is 0 Å². The number of benzene rings is 2. The van der Waals surface area contributed by atoms with Gasteiger partial charge in [0.2, 0.25) is 0 Å². The Morgan fingerprint density at radius 2 is 1.82 bits per heavy atom. The lowest BCUT2D eigenvalue weighted by Crippen LogP contribution is -2.20. The van der Waals surface area contributed by atoms with Gasteiger partial charge in [0.25, 0.3) is 11.8 Å². The van der Waals surface area contributed by atoms with E-state index in [0.29, 0.717) is 22.9 Å². The molecule has 0 aliphatic rings. The monoisotopic (exact) mass is 380 g/mol. The fourth-order valence-electron chi connectivity index (χ4n) is 2.45. The molecule has 0 aliphatic carbocycles. The molecular weight excluding hydrogens is 360 g/mol. The van der Waals surface area contributed by atoms with Crippen LogP contribution in [0.5, 0.6) is 11.5 Å². The number of carbonyl (C=O) groups is 2. The summed E-state index contributed by atoms with van der Waals surface area (Å²) in [5.74, 6) is 0.503. The summed E-state index contributed by atoms with van der Waals surface area (Å²) in [5.41, 5.74) is 2.00. The predicted molar refractivity (Wildman–Crippen MR) is 105 cm³/mol. The van der Waals surface area contributed by atoms with Gasteiger partial charge < -0.3 is 24.5 Å². The first kappa shape index (κ1) is 19.0. The van der Waals surface area contributed by atoms with E-state index in [9.17, 15) is 9.59 Å². The van der Waals surface area contributed by atoms with Crippen molar-refractivity contribution in [2.24, 2.45) is 0 Å². The van der Waals surface area contributed by atoms with Crippen LogP contribution in [0, 0.1) is 6.92 Å². The molecule has 0 bridgehead atoms. The maximum Gasteiger partial charge on any atom is 0.291 e. The van der Waals surface area contributed by atoms with Gasteiger partial charge in [0.1, 0.15) is 11.5 Å². The van der Waals surface area contributed by atoms with Crippen LogP contribution in [-0.2, 0) is 4.79 Å². The number of nitrogens with one attached hydrogen (secondary N) is 2. The van der Waals surface area contributed by atoms with Crippen LogP contribution >= 0.6 is 0 Å². The van der Waals surface area contributed by atoms with Gasteiger partial charge in [0.05, 0.1) is 19.1 Å². The highest BCUT2D eigenvalue weighted by molar-refractivity contribution is 6.03. The summed E-state index contributed by atoms with van der Waals surface area (Å²) in [4.78, 5) is 24.4. The molecule has 3 rings (SSSR count). The van der Waals surface area contributed by atoms with Crippen LogP contribution in [0.4, 0.5) is 11.4 Å². The Morgan fingerprint density at radius 1 is 1.04 bits per heavy atom. The topological polar surface area (TPSA) is 89.8 Å². The van der Waals surface area contributed by atoms with E-state index in [1.54, 1.807) is 42.5 Å². The van der Waals surface area contributed by atoms with Crippen LogP contribution in [0.2, 0.25) is 0 Å². The van der Waals surface area contributed by atoms with Crippen molar-refractivity contribution in [3.8, 4) is 11.5 Å². The lowest BCUT2D eigenvalue weighted by atomic mass is 10.2. The van der Waals surface area contributed by atoms with Gasteiger partial charge in [-0.15, -0.1) is 0 Å². The average molecular weight is 380 g/mol. The number of carbonyl (C=O) groups excluding carboxylic acids is 2. The summed E-state index contributed by atoms with van der Waals surface area (Å²) in [7, 11) is 1.49. The summed E-state index contributed by atoms with van der Waals surface area (Å²) in [5, 5.41) is 5.43. The molecule has 0 spiro atoms. The first-order chi connectivity index (χ1) is 13.5. The molecule has 0 radical (unpaired) electrons. The average Bonchev–Trinajstić information content (AvgIpc) is 3.23. The minimum atomic E-state index is -0.393. The van der Waals surface area contributed by atoms with Crippen LogP contribution in [0.25, 0.3) is 0 Å². The van der Waals surface area contributed by atoms with Crippen LogP contribution in [0.1, 0.15) is 16.1 Å². The van der Waals surface area contributed by atoms with Crippen LogP contribution in [0.15, 0.2) is 65.3 Å². The first-order valence-electron chi connectivity index (χ1n) is 8.57. The predicted octanol–water partition coefficient (Wildman–Crippen LogP) is 3.87. The maximum atomic E-state index is 12.2. The van der Waals surface area contributed by atoms with Crippen molar-refractivity contribution in [2.45, 2.75) is 6.92 Å². The Bertz CT molecular complexity index is 949. The number of ether oxygens (including phenoxy) is 2. The molecule has 0 saturated heterocycles. The van der Waals surface area contributed by atoms with Crippen LogP contribution in [0.3, 0.4) is 0 Å². The largest absolute Gasteiger partial charge is 0.495 e. The van der Waals surface area contributed by atoms with Gasteiger partial charge in [-0.25, -0.2) is 0 Å². The van der Waals surface area contributed by atoms with Gasteiger partial charge in [-0.05, 0) is 49.4 Å². The maximum absolute atomic E-state index is 12.2. The van der Waals surface area contributed by atoms with E-state index >= 15 is 0 Å². The third-order valence-electron chi connectivity index (χ3n) is 3.87. The molecule has 1 heterocycles. The number of anilines is 2. The zero-order valence-corrected chi connectivity index (χ0v) is 15.5. The molecule has 2 amide bonds. The fourth-order valence-corrected chi connectivity index (χ4v) is 2.45. The Balaban J connectivity index is 1.65. The smallest absolute Gasteiger partial charge is 0.291 e. The highest BCUT2D eigenvalue weighted by atomic mass is 16.5. The summed E-state index contributed by atoms with van der Waals surface area (Å²) in [6, 6.07) is 15.5. The van der Waals surface area contributed by atoms with E-state index in [-0.39, 0.29) is 18.3 Å². The molecule has 2 N–H and O–H groups in total. The molecule has 0 saturated carbocycles. The molecular formula is C21H20N2O5. The zero-order chi connectivity index (χ0) is 19.9. The number of hydrogen-bond donors (Lipinski definition) is 2. The molecule has 3 aromatic rings. The molecule has 0 atom stereocenters. The van der Waals surface area contributed by atoms with Crippen molar-refractivity contribution in [2.75, 3.05) is 24.4 Å². The molecule has 7 heteroatoms. The van der Waals surface area contributed by atoms with Gasteiger partial charge in [-0.1, -0.05) is 17.7 Å². The molecule has 0 unspecified atom stereocenters. The number of hydrogen-bond acceptors (Lipinski definition) is 5. The first-order valence-corrected chi connectivity index (χ1v) is 8.57. The molecule has 28 heavy (non-hydrogen) atoms. The standard InChI is InChI=1S/C21H20N2O5/c1-14-5-8-16(9-6-14)28-13-20(24)23-17-12-15(7-10-18(17)26-2)22-21(25)19-4-3-11-27-19/h3-12H,13H2,1-2H3,(H,22,25)(H,23,24). The van der Waals surface area contributed by atoms with Gasteiger partial charge >= 0.3 is 0 Å². The van der Waals surface area contributed by atoms with Crippen molar-refractivity contribution in [3.05, 3.63) is 72.2 Å². The second-order valence-electron chi connectivity index (χ2n) is 6.00. The second-order valence-corrected chi connectivity index (χ2v) is 6.00. The van der Waals surface area contributed by atoms with Gasteiger partial charge in [-0.2, -0.15) is 0 Å². The molecule has 7 nitrogen and oxygen atoms in total.